The van der Waals surface area contributed by atoms with Crippen LogP contribution in [0, 0.1) is 5.92 Å². The molecule has 2 aliphatic rings. The topological polar surface area (TPSA) is 88.2 Å². The summed E-state index contributed by atoms with van der Waals surface area (Å²) in [6.07, 6.45) is 4.17. The number of carbonyl (C=O) groups is 3. The van der Waals surface area contributed by atoms with Gasteiger partial charge in [-0.3, -0.25) is 24.2 Å². The number of thiocarbonyl (C=S) groups is 1. The predicted molar refractivity (Wildman–Crippen MR) is 159 cm³/mol. The van der Waals surface area contributed by atoms with Crippen molar-refractivity contribution in [2.45, 2.75) is 39.5 Å². The normalized spacial score (nSPS) is 17.5. The van der Waals surface area contributed by atoms with Crippen molar-refractivity contribution in [1.29, 1.82) is 0 Å². The number of hydrogen-bond acceptors (Lipinski definition) is 7. The highest BCUT2D eigenvalue weighted by molar-refractivity contribution is 8.26. The second-order valence-electron chi connectivity index (χ2n) is 9.43. The molecule has 1 unspecified atom stereocenters. The van der Waals surface area contributed by atoms with E-state index in [-0.39, 0.29) is 12.5 Å². The maximum atomic E-state index is 13.7. The highest BCUT2D eigenvalue weighted by Gasteiger charge is 2.42. The zero-order chi connectivity index (χ0) is 28.1. The molecule has 3 amide bonds. The van der Waals surface area contributed by atoms with E-state index in [1.165, 1.54) is 23.8 Å². The van der Waals surface area contributed by atoms with Crippen LogP contribution in [0.15, 0.2) is 47.4 Å². The molecule has 0 bridgehead atoms. The van der Waals surface area contributed by atoms with Crippen molar-refractivity contribution in [2.24, 2.45) is 5.92 Å². The van der Waals surface area contributed by atoms with Gasteiger partial charge in [-0.1, -0.05) is 75.3 Å². The first-order valence-electron chi connectivity index (χ1n) is 13.0. The maximum Gasteiger partial charge on any atom is 0.267 e. The van der Waals surface area contributed by atoms with Crippen molar-refractivity contribution in [2.75, 3.05) is 37.5 Å². The van der Waals surface area contributed by atoms with Crippen molar-refractivity contribution >= 4 is 63.0 Å². The number of methoxy groups -OCH3 is 2. The molecule has 0 radical (unpaired) electrons. The summed E-state index contributed by atoms with van der Waals surface area (Å²) in [7, 11) is 3.04. The van der Waals surface area contributed by atoms with Gasteiger partial charge in [0.15, 0.2) is 0 Å². The molecular formula is C29H33N3O5S2. The van der Waals surface area contributed by atoms with Gasteiger partial charge in [-0.2, -0.15) is 0 Å². The van der Waals surface area contributed by atoms with Crippen LogP contribution < -0.4 is 19.7 Å². The number of para-hydroxylation sites is 1. The van der Waals surface area contributed by atoms with Gasteiger partial charge in [0.05, 0.1) is 36.1 Å². The lowest BCUT2D eigenvalue weighted by Gasteiger charge is -2.21. The maximum absolute atomic E-state index is 13.7. The fourth-order valence-electron chi connectivity index (χ4n) is 4.77. The Labute approximate surface area is 238 Å². The summed E-state index contributed by atoms with van der Waals surface area (Å²) in [5.41, 5.74) is 1.95. The molecule has 2 aromatic rings. The number of hydrogen-bond donors (Lipinski definition) is 1. The first-order chi connectivity index (χ1) is 18.8. The fraction of sp³-hybridized carbons (Fsp3) is 0.379. The third-order valence-corrected chi connectivity index (χ3v) is 8.42. The number of unbranched alkanes of at least 4 members (excludes halogenated alkanes) is 1. The predicted octanol–water partition coefficient (Wildman–Crippen LogP) is 5.48. The van der Waals surface area contributed by atoms with E-state index in [1.54, 1.807) is 48.4 Å². The monoisotopic (exact) mass is 567 g/mol. The van der Waals surface area contributed by atoms with Crippen molar-refractivity contribution in [3.05, 3.63) is 52.9 Å². The minimum atomic E-state index is -0.405. The average molecular weight is 568 g/mol. The Hall–Kier alpha value is -3.37. The molecule has 0 spiro atoms. The van der Waals surface area contributed by atoms with E-state index in [4.69, 9.17) is 21.7 Å². The zero-order valence-corrected chi connectivity index (χ0v) is 24.2. The van der Waals surface area contributed by atoms with Crippen LogP contribution in [0.2, 0.25) is 0 Å². The molecule has 1 fully saturated rings. The van der Waals surface area contributed by atoms with Crippen LogP contribution >= 0.6 is 24.0 Å². The molecule has 4 rings (SSSR count). The first kappa shape index (κ1) is 28.6. The lowest BCUT2D eigenvalue weighted by molar-refractivity contribution is -0.123. The quantitative estimate of drug-likeness (QED) is 0.284. The van der Waals surface area contributed by atoms with Gasteiger partial charge >= 0.3 is 0 Å². The molecular weight excluding hydrogens is 534 g/mol. The summed E-state index contributed by atoms with van der Waals surface area (Å²) in [5, 5.41) is 2.81. The number of thioether (sulfide) groups is 1. The van der Waals surface area contributed by atoms with Crippen molar-refractivity contribution in [1.82, 2.24) is 4.90 Å². The Kier molecular flexibility index (Phi) is 9.29. The highest BCUT2D eigenvalue weighted by atomic mass is 32.2. The number of anilines is 2. The van der Waals surface area contributed by atoms with E-state index in [1.807, 2.05) is 6.07 Å². The second-order valence-corrected chi connectivity index (χ2v) is 11.1. The molecule has 2 heterocycles. The summed E-state index contributed by atoms with van der Waals surface area (Å²) in [6.45, 7) is 4.59. The largest absolute Gasteiger partial charge is 0.497 e. The Balaban J connectivity index is 1.58. The van der Waals surface area contributed by atoms with Crippen molar-refractivity contribution < 1.29 is 23.9 Å². The second kappa shape index (κ2) is 12.7. The summed E-state index contributed by atoms with van der Waals surface area (Å²) in [5.74, 6) is 0.324. The molecule has 1 N–H and O–H groups in total. The number of rotatable bonds is 11. The number of benzene rings is 2. The summed E-state index contributed by atoms with van der Waals surface area (Å²) >= 11 is 6.75. The van der Waals surface area contributed by atoms with Crippen molar-refractivity contribution in [3.63, 3.8) is 0 Å². The van der Waals surface area contributed by atoms with Crippen LogP contribution in [0.25, 0.3) is 5.57 Å². The van der Waals surface area contributed by atoms with Crippen LogP contribution in [-0.4, -0.2) is 54.3 Å². The van der Waals surface area contributed by atoms with Gasteiger partial charge in [-0.15, -0.1) is 0 Å². The molecule has 0 aromatic heterocycles. The third-order valence-electron chi connectivity index (χ3n) is 6.97. The molecule has 10 heteroatoms. The Morgan fingerprint density at radius 3 is 2.51 bits per heavy atom. The highest BCUT2D eigenvalue weighted by Crippen LogP contribution is 2.45. The smallest absolute Gasteiger partial charge is 0.267 e. The molecule has 0 aliphatic carbocycles. The standard InChI is InChI=1S/C29H33N3O5S2/c1-5-7-10-18(6-2)16-32-28(35)26(39-29(32)38)25-20-11-8-9-12-22(20)31(27(25)34)17-24(33)30-21-14-13-19(36-3)15-23(21)37-4/h8-9,11-15,18H,5-7,10,16-17H2,1-4H3,(H,30,33)/b26-25+. The van der Waals surface area contributed by atoms with Gasteiger partial charge in [-0.05, 0) is 30.5 Å². The Bertz CT molecular complexity index is 1330. The van der Waals surface area contributed by atoms with E-state index in [0.29, 0.717) is 55.7 Å². The number of ether oxygens (including phenoxy) is 2. The molecule has 39 heavy (non-hydrogen) atoms. The van der Waals surface area contributed by atoms with Gasteiger partial charge in [0, 0.05) is 18.2 Å². The molecule has 0 saturated carbocycles. The number of fused-ring (bicyclic) bond motifs is 1. The van der Waals surface area contributed by atoms with Crippen LogP contribution in [0.4, 0.5) is 11.4 Å². The van der Waals surface area contributed by atoms with Gasteiger partial charge < -0.3 is 14.8 Å². The van der Waals surface area contributed by atoms with E-state index < -0.39 is 11.8 Å². The number of nitrogens with one attached hydrogen (secondary N) is 1. The first-order valence-corrected chi connectivity index (χ1v) is 14.3. The van der Waals surface area contributed by atoms with Crippen LogP contribution in [0.5, 0.6) is 11.5 Å². The van der Waals surface area contributed by atoms with E-state index in [2.05, 4.69) is 19.2 Å². The Morgan fingerprint density at radius 1 is 1.05 bits per heavy atom. The minimum absolute atomic E-state index is 0.232. The van der Waals surface area contributed by atoms with Crippen LogP contribution in [-0.2, 0) is 14.4 Å². The summed E-state index contributed by atoms with van der Waals surface area (Å²) < 4.78 is 11.0. The fourth-order valence-corrected chi connectivity index (χ4v) is 6.12. The lowest BCUT2D eigenvalue weighted by atomic mass is 9.98. The minimum Gasteiger partial charge on any atom is -0.497 e. The number of carbonyl (C=O) groups excluding carboxylic acids is 3. The molecule has 2 aromatic carbocycles. The third kappa shape index (κ3) is 5.96. The van der Waals surface area contributed by atoms with Crippen molar-refractivity contribution in [3.8, 4) is 11.5 Å². The SMILES string of the molecule is CCCCC(CC)CN1C(=O)/C(=C2\C(=O)N(CC(=O)Nc3ccc(OC)cc3OC)c3ccccc32)SC1=S. The average Bonchev–Trinajstić information content (AvgIpc) is 3.37. The van der Waals surface area contributed by atoms with Crippen LogP contribution in [0.3, 0.4) is 0 Å². The molecule has 206 valence electrons. The lowest BCUT2D eigenvalue weighted by Crippen LogP contribution is -2.36. The summed E-state index contributed by atoms with van der Waals surface area (Å²) in [6, 6.07) is 12.2. The van der Waals surface area contributed by atoms with Gasteiger partial charge in [-0.25, -0.2) is 0 Å². The van der Waals surface area contributed by atoms with E-state index in [0.717, 1.165) is 25.7 Å². The molecule has 1 saturated heterocycles. The van der Waals surface area contributed by atoms with Gasteiger partial charge in [0.25, 0.3) is 11.8 Å². The Morgan fingerprint density at radius 2 is 1.82 bits per heavy atom. The van der Waals surface area contributed by atoms with Crippen LogP contribution in [0.1, 0.15) is 45.1 Å². The van der Waals surface area contributed by atoms with E-state index in [9.17, 15) is 14.4 Å². The number of nitrogens with zero attached hydrogens (tertiary/aromatic N) is 2. The molecule has 1 atom stereocenters. The zero-order valence-electron chi connectivity index (χ0n) is 22.6. The van der Waals surface area contributed by atoms with Gasteiger partial charge in [0.1, 0.15) is 22.4 Å². The molecule has 8 nitrogen and oxygen atoms in total. The van der Waals surface area contributed by atoms with Gasteiger partial charge in [0.2, 0.25) is 5.91 Å². The number of amides is 3. The molecule has 2 aliphatic heterocycles. The van der Waals surface area contributed by atoms with E-state index >= 15 is 0 Å². The summed E-state index contributed by atoms with van der Waals surface area (Å²) in [4.78, 5) is 43.7.